The van der Waals surface area contributed by atoms with Crippen molar-refractivity contribution >= 4 is 0 Å². The molecule has 0 fully saturated rings. The first kappa shape index (κ1) is 30.3. The Bertz CT molecular complexity index is 847. The molecule has 0 aromatic heterocycles. The van der Waals surface area contributed by atoms with Crippen LogP contribution in [0.5, 0.6) is 0 Å². The number of ether oxygens (including phenoxy) is 1. The van der Waals surface area contributed by atoms with Crippen molar-refractivity contribution in [3.63, 3.8) is 0 Å². The molecular formula is C20H21F13O. The number of hydrogen-bond donors (Lipinski definition) is 0. The third kappa shape index (κ3) is 4.58. The molecule has 14 heteroatoms. The number of halogens is 13. The molecule has 0 N–H and O–H groups in total. The summed E-state index contributed by atoms with van der Waals surface area (Å²) in [5.41, 5.74) is -2.54. The standard InChI is InChI=1S/C20H21F13O/c1-5-11(2)12-8-6-7-9-13(12)14(3,34-4)10-15(21,22)16(23,24)17(25,26)18(27,28)19(29,30)20(31,32)33/h6-9,11H,5,10H2,1-4H3. The highest BCUT2D eigenvalue weighted by Gasteiger charge is 2.90. The summed E-state index contributed by atoms with van der Waals surface area (Å²) in [5, 5.41) is 0. The second-order valence-corrected chi connectivity index (χ2v) is 8.01. The van der Waals surface area contributed by atoms with E-state index in [4.69, 9.17) is 4.74 Å². The lowest BCUT2D eigenvalue weighted by Crippen LogP contribution is -2.70. The monoisotopic (exact) mass is 524 g/mol. The van der Waals surface area contributed by atoms with Crippen molar-refractivity contribution in [2.75, 3.05) is 7.11 Å². The van der Waals surface area contributed by atoms with E-state index in [0.717, 1.165) is 13.0 Å². The van der Waals surface area contributed by atoms with Gasteiger partial charge < -0.3 is 4.74 Å². The van der Waals surface area contributed by atoms with E-state index >= 15 is 0 Å². The Labute approximate surface area is 186 Å². The zero-order valence-electron chi connectivity index (χ0n) is 18.1. The quantitative estimate of drug-likeness (QED) is 0.281. The summed E-state index contributed by atoms with van der Waals surface area (Å²) >= 11 is 0. The summed E-state index contributed by atoms with van der Waals surface area (Å²) in [7, 11) is 0.714. The van der Waals surface area contributed by atoms with Gasteiger partial charge >= 0.3 is 35.8 Å². The predicted octanol–water partition coefficient (Wildman–Crippen LogP) is 8.19. The molecule has 0 aliphatic carbocycles. The maximum Gasteiger partial charge on any atom is 0.460 e. The van der Waals surface area contributed by atoms with Crippen molar-refractivity contribution in [1.29, 1.82) is 0 Å². The summed E-state index contributed by atoms with van der Waals surface area (Å²) in [6, 6.07) is 5.18. The number of alkyl halides is 13. The summed E-state index contributed by atoms with van der Waals surface area (Å²) in [6.45, 7) is 3.99. The van der Waals surface area contributed by atoms with E-state index in [9.17, 15) is 57.1 Å². The Morgan fingerprint density at radius 3 is 1.59 bits per heavy atom. The minimum absolute atomic E-state index is 0.224. The van der Waals surface area contributed by atoms with Crippen LogP contribution in [0.15, 0.2) is 24.3 Å². The van der Waals surface area contributed by atoms with Gasteiger partial charge in [-0.1, -0.05) is 38.1 Å². The molecule has 0 amide bonds. The van der Waals surface area contributed by atoms with E-state index in [1.54, 1.807) is 13.8 Å². The largest absolute Gasteiger partial charge is 0.460 e. The number of methoxy groups -OCH3 is 1. The first-order valence-corrected chi connectivity index (χ1v) is 9.58. The molecule has 0 heterocycles. The SMILES string of the molecule is CCC(C)c1ccccc1C(C)(CC(F)(F)C(F)(F)C(F)(F)C(F)(F)C(F)(F)C(F)(F)F)OC. The molecular weight excluding hydrogens is 503 g/mol. The van der Waals surface area contributed by atoms with Crippen LogP contribution in [-0.4, -0.2) is 42.9 Å². The molecule has 1 nitrogen and oxygen atoms in total. The number of benzene rings is 1. The van der Waals surface area contributed by atoms with Crippen molar-refractivity contribution in [2.24, 2.45) is 0 Å². The van der Waals surface area contributed by atoms with Crippen LogP contribution in [0.1, 0.15) is 50.7 Å². The predicted molar refractivity (Wildman–Crippen MR) is 94.9 cm³/mol. The van der Waals surface area contributed by atoms with Crippen LogP contribution in [0.4, 0.5) is 57.1 Å². The van der Waals surface area contributed by atoms with Crippen molar-refractivity contribution in [3.05, 3.63) is 35.4 Å². The Morgan fingerprint density at radius 1 is 0.735 bits per heavy atom. The van der Waals surface area contributed by atoms with Crippen molar-refractivity contribution in [2.45, 2.75) is 80.9 Å². The molecule has 198 valence electrons. The molecule has 2 unspecified atom stereocenters. The summed E-state index contributed by atoms with van der Waals surface area (Å²) in [6.07, 6.45) is -9.51. The normalized spacial score (nSPS) is 17.4. The summed E-state index contributed by atoms with van der Waals surface area (Å²) in [4.78, 5) is 0. The highest BCUT2D eigenvalue weighted by atomic mass is 19.4. The van der Waals surface area contributed by atoms with Gasteiger partial charge in [0.25, 0.3) is 0 Å². The van der Waals surface area contributed by atoms with E-state index in [-0.39, 0.29) is 11.1 Å². The molecule has 34 heavy (non-hydrogen) atoms. The van der Waals surface area contributed by atoms with Crippen molar-refractivity contribution in [1.82, 2.24) is 0 Å². The topological polar surface area (TPSA) is 9.23 Å². The number of hydrogen-bond acceptors (Lipinski definition) is 1. The third-order valence-corrected chi connectivity index (χ3v) is 5.68. The van der Waals surface area contributed by atoms with Gasteiger partial charge in [-0.05, 0) is 30.4 Å². The average Bonchev–Trinajstić information content (AvgIpc) is 2.71. The van der Waals surface area contributed by atoms with E-state index < -0.39 is 53.7 Å². The Morgan fingerprint density at radius 2 is 1.18 bits per heavy atom. The summed E-state index contributed by atoms with van der Waals surface area (Å²) in [5.74, 6) is -37.5. The lowest BCUT2D eigenvalue weighted by Gasteiger charge is -2.42. The fourth-order valence-corrected chi connectivity index (χ4v) is 3.24. The fraction of sp³-hybridized carbons (Fsp3) is 0.700. The molecule has 1 rings (SSSR count). The minimum Gasteiger partial charge on any atom is -0.374 e. The second kappa shape index (κ2) is 9.05. The van der Waals surface area contributed by atoms with E-state index in [2.05, 4.69) is 0 Å². The maximum absolute atomic E-state index is 14.5. The second-order valence-electron chi connectivity index (χ2n) is 8.01. The van der Waals surface area contributed by atoms with Crippen molar-refractivity contribution < 1.29 is 61.8 Å². The van der Waals surface area contributed by atoms with Crippen LogP contribution in [0.2, 0.25) is 0 Å². The third-order valence-electron chi connectivity index (χ3n) is 5.68. The number of rotatable bonds is 10. The van der Waals surface area contributed by atoms with Gasteiger partial charge in [-0.25, -0.2) is 0 Å². The molecule has 0 radical (unpaired) electrons. The van der Waals surface area contributed by atoms with Crippen LogP contribution in [0.25, 0.3) is 0 Å². The smallest absolute Gasteiger partial charge is 0.374 e. The zero-order chi connectivity index (χ0) is 27.2. The van der Waals surface area contributed by atoms with Crippen LogP contribution in [0.3, 0.4) is 0 Å². The lowest BCUT2D eigenvalue weighted by molar-refractivity contribution is -0.441. The van der Waals surface area contributed by atoms with E-state index in [0.29, 0.717) is 13.5 Å². The summed E-state index contributed by atoms with van der Waals surface area (Å²) < 4.78 is 180. The highest BCUT2D eigenvalue weighted by molar-refractivity contribution is 5.35. The van der Waals surface area contributed by atoms with Gasteiger partial charge in [-0.3, -0.25) is 0 Å². The van der Waals surface area contributed by atoms with E-state index in [1.165, 1.54) is 18.2 Å². The molecule has 0 aliphatic rings. The molecule has 1 aromatic rings. The molecule has 0 aliphatic heterocycles. The molecule has 1 aromatic carbocycles. The van der Waals surface area contributed by atoms with Crippen molar-refractivity contribution in [3.8, 4) is 0 Å². The van der Waals surface area contributed by atoms with Gasteiger partial charge in [-0.2, -0.15) is 57.1 Å². The van der Waals surface area contributed by atoms with Crippen LogP contribution in [0, 0.1) is 0 Å². The average molecular weight is 524 g/mol. The lowest BCUT2D eigenvalue weighted by atomic mass is 9.80. The van der Waals surface area contributed by atoms with Crippen LogP contribution < -0.4 is 0 Å². The van der Waals surface area contributed by atoms with Gasteiger partial charge in [0, 0.05) is 7.11 Å². The fourth-order valence-electron chi connectivity index (χ4n) is 3.24. The van der Waals surface area contributed by atoms with Gasteiger partial charge in [-0.15, -0.1) is 0 Å². The van der Waals surface area contributed by atoms with E-state index in [1.807, 2.05) is 0 Å². The molecule has 0 saturated heterocycles. The Balaban J connectivity index is 3.61. The molecule has 2 atom stereocenters. The minimum atomic E-state index is -7.93. The van der Waals surface area contributed by atoms with Crippen LogP contribution in [-0.2, 0) is 10.3 Å². The van der Waals surface area contributed by atoms with Gasteiger partial charge in [0.05, 0.1) is 12.0 Å². The highest BCUT2D eigenvalue weighted by Crippen LogP contribution is 2.61. The van der Waals surface area contributed by atoms with Gasteiger partial charge in [0.15, 0.2) is 0 Å². The van der Waals surface area contributed by atoms with Gasteiger partial charge in [0.2, 0.25) is 0 Å². The maximum atomic E-state index is 14.5. The first-order chi connectivity index (χ1) is 15.0. The zero-order valence-corrected chi connectivity index (χ0v) is 18.1. The van der Waals surface area contributed by atoms with Crippen LogP contribution >= 0.6 is 0 Å². The first-order valence-electron chi connectivity index (χ1n) is 9.58. The Kier molecular flexibility index (Phi) is 8.06. The molecule has 0 saturated carbocycles. The van der Waals surface area contributed by atoms with Gasteiger partial charge in [0.1, 0.15) is 0 Å². The molecule has 0 spiro atoms. The molecule has 0 bridgehead atoms. The Hall–Kier alpha value is -1.73.